The number of allylic oxidation sites excluding steroid dienone is 2. The van der Waals surface area contributed by atoms with E-state index >= 15 is 0 Å². The van der Waals surface area contributed by atoms with Gasteiger partial charge in [-0.05, 0) is 82.0 Å². The number of nitrogens with zero attached hydrogens (tertiary/aromatic N) is 3. The van der Waals surface area contributed by atoms with Gasteiger partial charge in [-0.3, -0.25) is 9.79 Å². The molecule has 0 saturated carbocycles. The van der Waals surface area contributed by atoms with Crippen LogP contribution in [0.5, 0.6) is 0 Å². The van der Waals surface area contributed by atoms with Crippen LogP contribution in [0, 0.1) is 32.6 Å². The van der Waals surface area contributed by atoms with Crippen LogP contribution in [-0.2, 0) is 0 Å². The highest BCUT2D eigenvalue weighted by Crippen LogP contribution is 2.21. The molecule has 2 aromatic carbocycles. The fourth-order valence-corrected chi connectivity index (χ4v) is 3.62. The Morgan fingerprint density at radius 2 is 1.88 bits per heavy atom. The maximum absolute atomic E-state index is 12.9. The van der Waals surface area contributed by atoms with Gasteiger partial charge in [-0.15, -0.1) is 0 Å². The predicted octanol–water partition coefficient (Wildman–Crippen LogP) is 5.35. The second kappa shape index (κ2) is 11.8. The Labute approximate surface area is 202 Å². The number of nitrogens with one attached hydrogen (secondary N) is 1. The Morgan fingerprint density at radius 1 is 1.12 bits per heavy atom. The lowest BCUT2D eigenvalue weighted by atomic mass is 10.1. The van der Waals surface area contributed by atoms with Gasteiger partial charge in [-0.1, -0.05) is 36.1 Å². The van der Waals surface area contributed by atoms with Crippen LogP contribution in [-0.4, -0.2) is 35.5 Å². The van der Waals surface area contributed by atoms with Crippen molar-refractivity contribution in [2.75, 3.05) is 13.6 Å². The lowest BCUT2D eigenvalue weighted by Gasteiger charge is -2.11. The minimum Gasteiger partial charge on any atom is -0.352 e. The van der Waals surface area contributed by atoms with Gasteiger partial charge in [-0.2, -0.15) is 5.10 Å². The molecule has 5 nitrogen and oxygen atoms in total. The van der Waals surface area contributed by atoms with Crippen LogP contribution in [0.1, 0.15) is 58.2 Å². The summed E-state index contributed by atoms with van der Waals surface area (Å²) >= 11 is 0. The Kier molecular flexibility index (Phi) is 8.59. The molecule has 1 N–H and O–H groups in total. The van der Waals surface area contributed by atoms with E-state index in [2.05, 4.69) is 29.1 Å². The Hall–Kier alpha value is -3.91. The second-order valence-corrected chi connectivity index (χ2v) is 8.17. The van der Waals surface area contributed by atoms with Crippen LogP contribution in [0.3, 0.4) is 0 Å². The third-order valence-corrected chi connectivity index (χ3v) is 5.85. The number of hydrogen-bond acceptors (Lipinski definition) is 3. The summed E-state index contributed by atoms with van der Waals surface area (Å²) in [5, 5.41) is 7.73. The van der Waals surface area contributed by atoms with Gasteiger partial charge in [-0.25, -0.2) is 4.68 Å². The first-order valence-corrected chi connectivity index (χ1v) is 11.5. The number of aryl methyl sites for hydroxylation is 1. The van der Waals surface area contributed by atoms with Crippen LogP contribution < -0.4 is 5.32 Å². The number of rotatable bonds is 7. The number of benzene rings is 2. The van der Waals surface area contributed by atoms with Crippen molar-refractivity contribution in [2.45, 2.75) is 40.5 Å². The minimum atomic E-state index is -0.106. The van der Waals surface area contributed by atoms with Gasteiger partial charge in [0.05, 0.1) is 16.9 Å². The highest BCUT2D eigenvalue weighted by atomic mass is 16.1. The zero-order chi connectivity index (χ0) is 24.5. The Balaban J connectivity index is 1.86. The fraction of sp³-hybridized carbons (Fsp3) is 0.276. The van der Waals surface area contributed by atoms with E-state index in [0.717, 1.165) is 46.6 Å². The summed E-state index contributed by atoms with van der Waals surface area (Å²) in [6.07, 6.45) is 5.63. The number of amides is 1. The smallest absolute Gasteiger partial charge is 0.251 e. The highest BCUT2D eigenvalue weighted by Gasteiger charge is 2.14. The summed E-state index contributed by atoms with van der Waals surface area (Å²) in [5.41, 5.74) is 7.49. The van der Waals surface area contributed by atoms with E-state index in [1.165, 1.54) is 5.57 Å². The molecule has 3 rings (SSSR count). The number of aromatic nitrogens is 2. The molecule has 0 bridgehead atoms. The number of carbonyl (C=O) groups excluding carboxylic acids is 1. The SMILES string of the molecule is C/C=C(\C=N/C)CCCNC(=O)c1ccc(-n2nc(C)c(C)c2C)c(C#Cc2ccccc2)c1. The van der Waals surface area contributed by atoms with Gasteiger partial charge >= 0.3 is 0 Å². The maximum Gasteiger partial charge on any atom is 0.251 e. The van der Waals surface area contributed by atoms with Crippen molar-refractivity contribution >= 4 is 12.1 Å². The van der Waals surface area contributed by atoms with Gasteiger partial charge in [0.25, 0.3) is 5.91 Å². The zero-order valence-corrected chi connectivity index (χ0v) is 20.6. The summed E-state index contributed by atoms with van der Waals surface area (Å²) in [4.78, 5) is 16.9. The maximum atomic E-state index is 12.9. The van der Waals surface area contributed by atoms with Crippen LogP contribution >= 0.6 is 0 Å². The average molecular weight is 453 g/mol. The monoisotopic (exact) mass is 452 g/mol. The van der Waals surface area contributed by atoms with Gasteiger partial charge in [0.2, 0.25) is 0 Å². The van der Waals surface area contributed by atoms with Crippen molar-refractivity contribution in [3.8, 4) is 17.5 Å². The van der Waals surface area contributed by atoms with Crippen molar-refractivity contribution in [2.24, 2.45) is 4.99 Å². The summed E-state index contributed by atoms with van der Waals surface area (Å²) in [6.45, 7) is 8.71. The van der Waals surface area contributed by atoms with Gasteiger partial charge < -0.3 is 5.32 Å². The Bertz CT molecular complexity index is 1270. The van der Waals surface area contributed by atoms with Crippen molar-refractivity contribution in [3.05, 3.63) is 93.8 Å². The van der Waals surface area contributed by atoms with E-state index in [4.69, 9.17) is 5.10 Å². The minimum absolute atomic E-state index is 0.106. The van der Waals surface area contributed by atoms with E-state index in [1.54, 1.807) is 7.05 Å². The normalized spacial score (nSPS) is 11.4. The van der Waals surface area contributed by atoms with E-state index in [-0.39, 0.29) is 5.91 Å². The molecule has 1 heterocycles. The number of hydrogen-bond donors (Lipinski definition) is 1. The Morgan fingerprint density at radius 3 is 2.53 bits per heavy atom. The lowest BCUT2D eigenvalue weighted by Crippen LogP contribution is -2.24. The first-order valence-electron chi connectivity index (χ1n) is 11.5. The first kappa shape index (κ1) is 24.7. The summed E-state index contributed by atoms with van der Waals surface area (Å²) in [5.74, 6) is 6.38. The van der Waals surface area contributed by atoms with Gasteiger partial charge in [0.15, 0.2) is 0 Å². The van der Waals surface area contributed by atoms with Crippen molar-refractivity contribution < 1.29 is 4.79 Å². The molecule has 3 aromatic rings. The molecule has 0 spiro atoms. The molecule has 0 aliphatic heterocycles. The lowest BCUT2D eigenvalue weighted by molar-refractivity contribution is 0.0953. The first-order chi connectivity index (χ1) is 16.4. The average Bonchev–Trinajstić information content (AvgIpc) is 3.11. The van der Waals surface area contributed by atoms with Crippen molar-refractivity contribution in [1.29, 1.82) is 0 Å². The van der Waals surface area contributed by atoms with Crippen LogP contribution in [0.2, 0.25) is 0 Å². The molecular weight excluding hydrogens is 420 g/mol. The number of aliphatic imine (C=N–C) groups is 1. The van der Waals surface area contributed by atoms with Crippen molar-refractivity contribution in [1.82, 2.24) is 15.1 Å². The molecule has 34 heavy (non-hydrogen) atoms. The van der Waals surface area contributed by atoms with Gasteiger partial charge in [0.1, 0.15) is 0 Å². The summed E-state index contributed by atoms with van der Waals surface area (Å²) in [7, 11) is 1.76. The molecule has 0 atom stereocenters. The highest BCUT2D eigenvalue weighted by molar-refractivity contribution is 5.95. The second-order valence-electron chi connectivity index (χ2n) is 8.17. The fourth-order valence-electron chi connectivity index (χ4n) is 3.62. The molecule has 1 aromatic heterocycles. The molecule has 0 aliphatic carbocycles. The third-order valence-electron chi connectivity index (χ3n) is 5.85. The predicted molar refractivity (Wildman–Crippen MR) is 140 cm³/mol. The van der Waals surface area contributed by atoms with E-state index in [0.29, 0.717) is 12.1 Å². The molecule has 5 heteroatoms. The standard InChI is InChI=1S/C29H32N4O/c1-6-24(20-30-5)13-10-18-31-29(34)27-16-17-28(33-23(4)21(2)22(3)32-33)26(19-27)15-14-25-11-8-7-9-12-25/h6-9,11-12,16-17,19-20H,10,13,18H2,1-5H3,(H,31,34)/b24-6-,30-20-. The zero-order valence-electron chi connectivity index (χ0n) is 20.6. The molecule has 0 unspecified atom stereocenters. The molecule has 0 saturated heterocycles. The molecular formula is C29H32N4O. The van der Waals surface area contributed by atoms with E-state index in [9.17, 15) is 4.79 Å². The van der Waals surface area contributed by atoms with E-state index in [1.807, 2.05) is 86.3 Å². The van der Waals surface area contributed by atoms with Crippen LogP contribution in [0.15, 0.2) is 65.2 Å². The molecule has 0 aliphatic rings. The quantitative estimate of drug-likeness (QED) is 0.298. The van der Waals surface area contributed by atoms with Gasteiger partial charge in [0, 0.05) is 36.6 Å². The summed E-state index contributed by atoms with van der Waals surface area (Å²) < 4.78 is 1.91. The topological polar surface area (TPSA) is 59.3 Å². The van der Waals surface area contributed by atoms with Crippen LogP contribution in [0.4, 0.5) is 0 Å². The molecule has 0 radical (unpaired) electrons. The van der Waals surface area contributed by atoms with Crippen LogP contribution in [0.25, 0.3) is 5.69 Å². The molecule has 0 fully saturated rings. The number of carbonyl (C=O) groups is 1. The molecule has 174 valence electrons. The molecule has 1 amide bonds. The van der Waals surface area contributed by atoms with E-state index < -0.39 is 0 Å². The van der Waals surface area contributed by atoms with Crippen molar-refractivity contribution in [3.63, 3.8) is 0 Å². The largest absolute Gasteiger partial charge is 0.352 e. The third kappa shape index (κ3) is 6.11. The summed E-state index contributed by atoms with van der Waals surface area (Å²) in [6, 6.07) is 15.5.